The largest absolute Gasteiger partial charge is 0.490 e. The Bertz CT molecular complexity index is 1490. The Balaban J connectivity index is 1.72. The fourth-order valence-corrected chi connectivity index (χ4v) is 6.27. The lowest BCUT2D eigenvalue weighted by molar-refractivity contribution is -0.160. The van der Waals surface area contributed by atoms with E-state index in [2.05, 4.69) is 4.90 Å². The molecule has 5 nitrogen and oxygen atoms in total. The van der Waals surface area contributed by atoms with Crippen molar-refractivity contribution >= 4 is 5.97 Å². The number of carboxylic acids is 1. The van der Waals surface area contributed by atoms with Crippen molar-refractivity contribution in [2.45, 2.75) is 85.7 Å². The van der Waals surface area contributed by atoms with Gasteiger partial charge in [-0.3, -0.25) is 4.90 Å². The molecule has 3 aromatic carbocycles. The number of carbonyl (C=O) groups is 1. The number of nitrogens with zero attached hydrogens (tertiary/aromatic N) is 1. The second-order valence-corrected chi connectivity index (χ2v) is 12.0. The van der Waals surface area contributed by atoms with E-state index in [0.29, 0.717) is 55.1 Å². The molecule has 2 aliphatic rings. The van der Waals surface area contributed by atoms with Crippen LogP contribution in [0, 0.1) is 32.4 Å². The molecule has 0 aliphatic carbocycles. The maximum absolute atomic E-state index is 15.5. The molecule has 2 heterocycles. The van der Waals surface area contributed by atoms with Gasteiger partial charge in [0.1, 0.15) is 5.82 Å². The van der Waals surface area contributed by atoms with Crippen molar-refractivity contribution < 1.29 is 28.2 Å². The number of aliphatic carboxylic acids is 1. The van der Waals surface area contributed by atoms with Gasteiger partial charge in [-0.25, -0.2) is 13.6 Å². The second-order valence-electron chi connectivity index (χ2n) is 12.0. The van der Waals surface area contributed by atoms with E-state index in [1.54, 1.807) is 12.1 Å². The van der Waals surface area contributed by atoms with E-state index in [9.17, 15) is 14.3 Å². The summed E-state index contributed by atoms with van der Waals surface area (Å²) in [6.45, 7) is 13.7. The van der Waals surface area contributed by atoms with Crippen molar-refractivity contribution in [3.05, 3.63) is 86.5 Å². The number of hydrogen-bond acceptors (Lipinski definition) is 4. The molecule has 7 heteroatoms. The van der Waals surface area contributed by atoms with Crippen LogP contribution in [0.1, 0.15) is 77.8 Å². The minimum absolute atomic E-state index is 0.274. The van der Waals surface area contributed by atoms with Crippen molar-refractivity contribution in [2.75, 3.05) is 6.61 Å². The molecule has 5 rings (SSSR count). The molecule has 0 amide bonds. The molecule has 0 radical (unpaired) electrons. The van der Waals surface area contributed by atoms with E-state index < -0.39 is 23.5 Å². The van der Waals surface area contributed by atoms with Crippen LogP contribution in [0.3, 0.4) is 0 Å². The van der Waals surface area contributed by atoms with Crippen molar-refractivity contribution in [3.63, 3.8) is 0 Å². The molecule has 0 aromatic heterocycles. The van der Waals surface area contributed by atoms with Gasteiger partial charge in [-0.05, 0) is 117 Å². The van der Waals surface area contributed by atoms with Crippen molar-refractivity contribution in [1.82, 2.24) is 4.90 Å². The van der Waals surface area contributed by atoms with Gasteiger partial charge in [-0.1, -0.05) is 12.1 Å². The van der Waals surface area contributed by atoms with Crippen LogP contribution in [-0.4, -0.2) is 28.2 Å². The maximum atomic E-state index is 15.5. The number of rotatable bonds is 6. The molecular weight excluding hydrogens is 512 g/mol. The first-order valence-corrected chi connectivity index (χ1v) is 13.8. The van der Waals surface area contributed by atoms with Crippen molar-refractivity contribution in [1.29, 1.82) is 0 Å². The smallest absolute Gasteiger partial charge is 0.337 e. The molecule has 2 aliphatic heterocycles. The molecule has 212 valence electrons. The third-order valence-corrected chi connectivity index (χ3v) is 8.04. The normalized spacial score (nSPS) is 15.9. The minimum Gasteiger partial charge on any atom is -0.490 e. The first-order valence-electron chi connectivity index (χ1n) is 13.8. The van der Waals surface area contributed by atoms with Gasteiger partial charge in [0, 0.05) is 30.8 Å². The van der Waals surface area contributed by atoms with Crippen LogP contribution in [0.25, 0.3) is 11.1 Å². The summed E-state index contributed by atoms with van der Waals surface area (Å²) in [5.74, 6) is -1.50. The highest BCUT2D eigenvalue weighted by atomic mass is 19.1. The fourth-order valence-electron chi connectivity index (χ4n) is 6.27. The van der Waals surface area contributed by atoms with Crippen LogP contribution in [-0.2, 0) is 35.6 Å². The topological polar surface area (TPSA) is 59.0 Å². The van der Waals surface area contributed by atoms with Crippen LogP contribution in [0.15, 0.2) is 30.3 Å². The lowest BCUT2D eigenvalue weighted by atomic mass is 9.81. The number of hydrogen-bond donors (Lipinski definition) is 1. The summed E-state index contributed by atoms with van der Waals surface area (Å²) in [6.07, 6.45) is 0.254. The molecule has 0 bridgehead atoms. The summed E-state index contributed by atoms with van der Waals surface area (Å²) in [5, 5.41) is 10.4. The molecule has 0 saturated heterocycles. The highest BCUT2D eigenvalue weighted by Gasteiger charge is 2.36. The monoisotopic (exact) mass is 549 g/mol. The summed E-state index contributed by atoms with van der Waals surface area (Å²) in [6, 6.07) is 8.08. The quantitative estimate of drug-likeness (QED) is 0.349. The Morgan fingerprint density at radius 1 is 1.05 bits per heavy atom. The van der Waals surface area contributed by atoms with Gasteiger partial charge in [0.2, 0.25) is 0 Å². The first-order chi connectivity index (χ1) is 18.9. The number of halogens is 2. The second kappa shape index (κ2) is 10.6. The van der Waals surface area contributed by atoms with E-state index in [4.69, 9.17) is 9.47 Å². The molecule has 0 unspecified atom stereocenters. The van der Waals surface area contributed by atoms with Crippen molar-refractivity contribution in [3.8, 4) is 16.9 Å². The zero-order valence-electron chi connectivity index (χ0n) is 24.1. The summed E-state index contributed by atoms with van der Waals surface area (Å²) >= 11 is 0. The summed E-state index contributed by atoms with van der Waals surface area (Å²) in [7, 11) is 0. The Hall–Kier alpha value is -3.29. The number of benzene rings is 3. The van der Waals surface area contributed by atoms with Crippen LogP contribution in [0.5, 0.6) is 5.75 Å². The molecule has 0 fully saturated rings. The Kier molecular flexibility index (Phi) is 7.48. The van der Waals surface area contributed by atoms with E-state index in [1.165, 1.54) is 12.1 Å². The number of ether oxygens (including phenoxy) is 2. The number of carboxylic acid groups (broad SMARTS) is 1. The van der Waals surface area contributed by atoms with Crippen LogP contribution >= 0.6 is 0 Å². The first kappa shape index (κ1) is 28.2. The van der Waals surface area contributed by atoms with Crippen LogP contribution in [0.4, 0.5) is 8.78 Å². The Morgan fingerprint density at radius 3 is 2.40 bits per heavy atom. The molecule has 40 heavy (non-hydrogen) atoms. The van der Waals surface area contributed by atoms with Gasteiger partial charge < -0.3 is 14.6 Å². The van der Waals surface area contributed by atoms with E-state index in [1.807, 2.05) is 47.6 Å². The average Bonchev–Trinajstić information content (AvgIpc) is 3.31. The fraction of sp³-hybridized carbons (Fsp3) is 0.424. The van der Waals surface area contributed by atoms with E-state index >= 15 is 4.39 Å². The van der Waals surface area contributed by atoms with Crippen LogP contribution in [0.2, 0.25) is 0 Å². The Morgan fingerprint density at radius 2 is 1.75 bits per heavy atom. The van der Waals surface area contributed by atoms with Gasteiger partial charge in [0.15, 0.2) is 17.7 Å². The van der Waals surface area contributed by atoms with Gasteiger partial charge in [-0.15, -0.1) is 0 Å². The highest BCUT2D eigenvalue weighted by Crippen LogP contribution is 2.47. The zero-order chi connectivity index (χ0) is 28.9. The molecule has 1 atom stereocenters. The van der Waals surface area contributed by atoms with E-state index in [-0.39, 0.29) is 5.82 Å². The predicted octanol–water partition coefficient (Wildman–Crippen LogP) is 7.34. The lowest BCUT2D eigenvalue weighted by Gasteiger charge is -2.31. The summed E-state index contributed by atoms with van der Waals surface area (Å²) < 4.78 is 41.3. The zero-order valence-corrected chi connectivity index (χ0v) is 24.1. The molecular formula is C33H37F2NO4. The third-order valence-electron chi connectivity index (χ3n) is 8.04. The minimum atomic E-state index is -1.24. The standard InChI is InChI=1S/C33H37F2NO4/c1-18-23-11-8-12-39-30(23)27(35)14-24(18)28-19(2)25-16-36(15-21-9-7-10-22(34)13-21)17-26(25)20(3)29(28)31(32(37)38)40-33(4,5)6/h7,9-10,13-14,31H,8,11-12,15-17H2,1-6H3,(H,37,38)/t31-/m0/s1. The number of fused-ring (bicyclic) bond motifs is 2. The van der Waals surface area contributed by atoms with Gasteiger partial charge in [-0.2, -0.15) is 0 Å². The summed E-state index contributed by atoms with van der Waals surface area (Å²) in [5.41, 5.74) is 7.72. The van der Waals surface area contributed by atoms with Gasteiger partial charge in [0.05, 0.1) is 12.2 Å². The van der Waals surface area contributed by atoms with Gasteiger partial charge >= 0.3 is 5.97 Å². The molecule has 0 spiro atoms. The molecule has 1 N–H and O–H groups in total. The summed E-state index contributed by atoms with van der Waals surface area (Å²) in [4.78, 5) is 15.0. The Labute approximate surface area is 234 Å². The molecule has 0 saturated carbocycles. The molecule has 3 aromatic rings. The third kappa shape index (κ3) is 5.25. The average molecular weight is 550 g/mol. The van der Waals surface area contributed by atoms with Crippen LogP contribution < -0.4 is 4.74 Å². The predicted molar refractivity (Wildman–Crippen MR) is 150 cm³/mol. The van der Waals surface area contributed by atoms with Crippen molar-refractivity contribution in [2.24, 2.45) is 0 Å². The van der Waals surface area contributed by atoms with E-state index in [0.717, 1.165) is 45.4 Å². The van der Waals surface area contributed by atoms with Gasteiger partial charge in [0.25, 0.3) is 0 Å². The SMILES string of the molecule is Cc1c(-c2c(C)c3c(c(C)c2[C@H](OC(C)(C)C)C(=O)O)CN(Cc2cccc(F)c2)C3)cc(F)c2c1CCCO2. The highest BCUT2D eigenvalue weighted by molar-refractivity contribution is 5.85. The lowest BCUT2D eigenvalue weighted by Crippen LogP contribution is -2.29. The maximum Gasteiger partial charge on any atom is 0.337 e.